The van der Waals surface area contributed by atoms with Crippen LogP contribution in [0.1, 0.15) is 285 Å². The Labute approximate surface area is 545 Å². The number of hydrogen-bond acceptors (Lipinski definition) is 16. The minimum absolute atomic E-state index is 0.00525. The van der Waals surface area contributed by atoms with Gasteiger partial charge in [-0.25, -0.2) is 0 Å². The topological polar surface area (TPSA) is 217 Å². The van der Waals surface area contributed by atoms with Crippen molar-refractivity contribution in [3.05, 3.63) is 0 Å². The Bertz CT molecular complexity index is 2600. The lowest BCUT2D eigenvalue weighted by atomic mass is 9.52. The highest BCUT2D eigenvalue weighted by Gasteiger charge is 2.83. The van der Waals surface area contributed by atoms with Crippen molar-refractivity contribution in [2.24, 2.45) is 50.2 Å². The normalized spacial score (nSPS) is 34.4. The highest BCUT2D eigenvalue weighted by atomic mass is 19.4. The summed E-state index contributed by atoms with van der Waals surface area (Å²) >= 11 is 0. The molecule has 11 fully saturated rings. The van der Waals surface area contributed by atoms with E-state index >= 15 is 0 Å². The molecular formula is C71H115F5O16. The maximum Gasteiger partial charge on any atom is 0.449 e. The third-order valence-electron chi connectivity index (χ3n) is 23.9. The van der Waals surface area contributed by atoms with Gasteiger partial charge in [-0.3, -0.25) is 28.8 Å². The van der Waals surface area contributed by atoms with Crippen LogP contribution in [0.3, 0.4) is 0 Å². The summed E-state index contributed by atoms with van der Waals surface area (Å²) in [4.78, 5) is 72.3. The van der Waals surface area contributed by atoms with Crippen LogP contribution in [0.5, 0.6) is 0 Å². The Kier molecular flexibility index (Phi) is 23.3. The summed E-state index contributed by atoms with van der Waals surface area (Å²) < 4.78 is 109. The van der Waals surface area contributed by atoms with Crippen LogP contribution in [0, 0.1) is 50.2 Å². The zero-order chi connectivity index (χ0) is 69.5. The predicted octanol–water partition coefficient (Wildman–Crippen LogP) is 15.3. The van der Waals surface area contributed by atoms with Crippen molar-refractivity contribution in [3.8, 4) is 0 Å². The van der Waals surface area contributed by atoms with E-state index in [0.29, 0.717) is 38.0 Å². The molecule has 7 saturated carbocycles. The average molecular weight is 1320 g/mol. The number of rotatable bonds is 16. The van der Waals surface area contributed by atoms with Gasteiger partial charge < -0.3 is 48.1 Å². The van der Waals surface area contributed by atoms with Crippen LogP contribution >= 0.6 is 0 Å². The van der Waals surface area contributed by atoms with Crippen molar-refractivity contribution >= 4 is 35.8 Å². The number of hydrogen-bond donors (Lipinski definition) is 2. The standard InChI is InChI=1S/C17H30O2.C16H26O3.C13H18O5.C13H24O2.C12H17F5O4/c1-5-15(2,3)14(18)19-16(4)10-6-7-11-17(16)12-8-9-13-17;1-4-14(2,3)13(17)19-16-8-11-5-12(9-16)7-15(18,6-11)10-16;1-4-13(2,3)12(15)18-9-7-5-6-8(16-7)10(9)17-11(6)14;1-5-12(3,4)11(14)15-13(6-2)9-7-8-10-13;1-5-8(2,3)7(18)21-9(4)6-20-11(19,10(9,13)14)12(15,16)17/h5-13H2,1-4H3;11-12,18H,4-10H2,1-3H3;6-10H,4-5H2,1-3H3;5-10H2,1-4H3;19H,5-6H2,1-4H3. The number of ether oxygens (including phenoxy) is 8. The zero-order valence-corrected chi connectivity index (χ0v) is 58.9. The SMILES string of the molecule is CCC(C)(C)C(=O)OC1(C)CCCCC12CCCC2.CCC(C)(C)C(=O)OC1(C)COC(O)(C(F)(F)F)C1(F)F.CCC(C)(C)C(=O)OC12CC3CC(CC(O)(C3)C1)C2.CCC(C)(C)C(=O)OC1C2CC3C(=O)OC1C3O2.CCC1(OC(=O)C(C)(C)CC)CCCC1. The van der Waals surface area contributed by atoms with Crippen molar-refractivity contribution in [2.45, 2.75) is 355 Å². The van der Waals surface area contributed by atoms with Crippen LogP contribution in [0.2, 0.25) is 0 Å². The summed E-state index contributed by atoms with van der Waals surface area (Å²) in [5, 5.41) is 19.8. The zero-order valence-electron chi connectivity index (χ0n) is 58.9. The van der Waals surface area contributed by atoms with Gasteiger partial charge in [-0.15, -0.1) is 0 Å². The van der Waals surface area contributed by atoms with Gasteiger partial charge in [0.15, 0.2) is 12.2 Å². The van der Waals surface area contributed by atoms with E-state index in [1.54, 1.807) is 6.92 Å². The van der Waals surface area contributed by atoms with E-state index in [-0.39, 0.29) is 87.4 Å². The Morgan fingerprint density at radius 2 is 0.957 bits per heavy atom. The second-order valence-corrected chi connectivity index (χ2v) is 32.8. The number of esters is 6. The first-order valence-electron chi connectivity index (χ1n) is 34.7. The van der Waals surface area contributed by atoms with Crippen LogP contribution in [0.15, 0.2) is 0 Å². The Balaban J connectivity index is 0.000000183. The van der Waals surface area contributed by atoms with Crippen LogP contribution in [-0.2, 0) is 66.7 Å². The molecule has 16 nitrogen and oxygen atoms in total. The van der Waals surface area contributed by atoms with Gasteiger partial charge in [0.05, 0.1) is 51.3 Å². The fourth-order valence-electron chi connectivity index (χ4n) is 15.1. The summed E-state index contributed by atoms with van der Waals surface area (Å²) in [6, 6.07) is 0. The first-order chi connectivity index (χ1) is 42.2. The molecule has 4 aliphatic heterocycles. The molecule has 11 rings (SSSR count). The van der Waals surface area contributed by atoms with Crippen LogP contribution < -0.4 is 0 Å². The van der Waals surface area contributed by atoms with Gasteiger partial charge in [-0.1, -0.05) is 60.8 Å². The highest BCUT2D eigenvalue weighted by Crippen LogP contribution is 2.61. The lowest BCUT2D eigenvalue weighted by Gasteiger charge is -2.59. The number of aliphatic hydroxyl groups is 2. The minimum atomic E-state index is -5.74. The Hall–Kier alpha value is -3.69. The number of fused-ring (bicyclic) bond motifs is 1. The summed E-state index contributed by atoms with van der Waals surface area (Å²) in [7, 11) is 0. The van der Waals surface area contributed by atoms with Crippen molar-refractivity contribution in [1.29, 1.82) is 0 Å². The molecule has 0 aromatic carbocycles. The molecule has 4 heterocycles. The van der Waals surface area contributed by atoms with Crippen LogP contribution in [-0.4, -0.2) is 123 Å². The van der Waals surface area contributed by atoms with E-state index < -0.39 is 70.1 Å². The molecule has 10 atom stereocenters. The monoisotopic (exact) mass is 1320 g/mol. The summed E-state index contributed by atoms with van der Waals surface area (Å²) in [6.45, 7) is 31.7. The second-order valence-electron chi connectivity index (χ2n) is 32.8. The first kappa shape index (κ1) is 77.3. The second kappa shape index (κ2) is 27.7. The molecule has 4 saturated heterocycles. The molecule has 2 N–H and O–H groups in total. The van der Waals surface area contributed by atoms with Gasteiger partial charge in [-0.2, -0.15) is 22.0 Å². The smallest absolute Gasteiger partial charge is 0.449 e. The van der Waals surface area contributed by atoms with Crippen molar-refractivity contribution in [1.82, 2.24) is 0 Å². The lowest BCUT2D eigenvalue weighted by molar-refractivity contribution is -0.409. The Morgan fingerprint density at radius 1 is 0.543 bits per heavy atom. The van der Waals surface area contributed by atoms with E-state index in [1.807, 2.05) is 76.2 Å². The van der Waals surface area contributed by atoms with Gasteiger partial charge in [0, 0.05) is 11.8 Å². The fraction of sp³-hybridized carbons (Fsp3) is 0.915. The molecule has 0 radical (unpaired) electrons. The summed E-state index contributed by atoms with van der Waals surface area (Å²) in [5.74, 6) is -10.2. The summed E-state index contributed by atoms with van der Waals surface area (Å²) in [6.07, 6.45) is 18.2. The minimum Gasteiger partial charge on any atom is -0.459 e. The van der Waals surface area contributed by atoms with Gasteiger partial charge in [0.25, 0.3) is 0 Å². The first-order valence-corrected chi connectivity index (χ1v) is 34.7. The molecule has 1 spiro atoms. The van der Waals surface area contributed by atoms with Crippen molar-refractivity contribution in [2.75, 3.05) is 6.61 Å². The van der Waals surface area contributed by atoms with E-state index in [1.165, 1.54) is 78.1 Å². The molecule has 10 unspecified atom stereocenters. The summed E-state index contributed by atoms with van der Waals surface area (Å²) in [5.41, 5.74) is -6.65. The Morgan fingerprint density at radius 3 is 1.38 bits per heavy atom. The molecule has 0 aromatic rings. The van der Waals surface area contributed by atoms with E-state index in [0.717, 1.165) is 70.6 Å². The van der Waals surface area contributed by atoms with E-state index in [2.05, 4.69) is 30.2 Å². The maximum absolute atomic E-state index is 14.0. The quantitative estimate of drug-likeness (QED) is 0.0834. The molecular weight excluding hydrogens is 1200 g/mol. The molecule has 92 heavy (non-hydrogen) atoms. The third-order valence-corrected chi connectivity index (χ3v) is 23.9. The molecule has 21 heteroatoms. The van der Waals surface area contributed by atoms with Crippen molar-refractivity contribution in [3.63, 3.8) is 0 Å². The number of carbonyl (C=O) groups is 6. The van der Waals surface area contributed by atoms with Gasteiger partial charge in [0.2, 0.25) is 5.60 Å². The molecule has 0 amide bonds. The average Bonchev–Trinajstić information content (AvgIpc) is 1.40. The predicted molar refractivity (Wildman–Crippen MR) is 333 cm³/mol. The number of halogens is 5. The number of carbonyl (C=O) groups excluding carboxylic acids is 6. The molecule has 11 aliphatic rings. The van der Waals surface area contributed by atoms with Gasteiger partial charge >= 0.3 is 53.7 Å². The largest absolute Gasteiger partial charge is 0.459 e. The molecule has 0 aromatic heterocycles. The molecule has 6 bridgehead atoms. The number of alkyl halides is 5. The van der Waals surface area contributed by atoms with Gasteiger partial charge in [-0.05, 0) is 230 Å². The van der Waals surface area contributed by atoms with Crippen LogP contribution in [0.4, 0.5) is 22.0 Å². The van der Waals surface area contributed by atoms with E-state index in [9.17, 15) is 60.9 Å². The molecule has 7 aliphatic carbocycles. The third kappa shape index (κ3) is 15.7. The van der Waals surface area contributed by atoms with Crippen molar-refractivity contribution < 1.29 is 98.8 Å². The van der Waals surface area contributed by atoms with E-state index in [4.69, 9.17) is 28.4 Å². The highest BCUT2D eigenvalue weighted by molar-refractivity contribution is 5.80. The van der Waals surface area contributed by atoms with Gasteiger partial charge in [0.1, 0.15) is 22.9 Å². The fourth-order valence-corrected chi connectivity index (χ4v) is 15.1. The molecule has 530 valence electrons. The maximum atomic E-state index is 14.0. The van der Waals surface area contributed by atoms with Crippen LogP contribution in [0.25, 0.3) is 0 Å². The lowest BCUT2D eigenvalue weighted by Crippen LogP contribution is -2.63.